The van der Waals surface area contributed by atoms with Gasteiger partial charge in [0.2, 0.25) is 5.91 Å². The Morgan fingerprint density at radius 2 is 1.92 bits per heavy atom. The maximum absolute atomic E-state index is 12.4. The Bertz CT molecular complexity index is 713. The fraction of sp³-hybridized carbons (Fsp3) is 0.389. The van der Waals surface area contributed by atoms with E-state index < -0.39 is 0 Å². The molecule has 0 spiro atoms. The van der Waals surface area contributed by atoms with Gasteiger partial charge >= 0.3 is 0 Å². The van der Waals surface area contributed by atoms with Crippen LogP contribution in [0.5, 0.6) is 0 Å². The van der Waals surface area contributed by atoms with Crippen molar-refractivity contribution < 1.29 is 4.79 Å². The molecule has 0 bridgehead atoms. The van der Waals surface area contributed by atoms with Crippen molar-refractivity contribution in [1.29, 1.82) is 0 Å². The Morgan fingerprint density at radius 3 is 2.50 bits per heavy atom. The van der Waals surface area contributed by atoms with Crippen molar-refractivity contribution in [3.8, 4) is 0 Å². The van der Waals surface area contributed by atoms with E-state index in [1.807, 2.05) is 51.4 Å². The van der Waals surface area contributed by atoms with Crippen LogP contribution in [0.15, 0.2) is 29.4 Å². The van der Waals surface area contributed by atoms with Crippen molar-refractivity contribution in [3.05, 3.63) is 51.8 Å². The number of rotatable bonds is 6. The fourth-order valence-electron chi connectivity index (χ4n) is 2.58. The van der Waals surface area contributed by atoms with Crippen LogP contribution in [0.4, 0.5) is 0 Å². The summed E-state index contributed by atoms with van der Waals surface area (Å²) in [5.41, 5.74) is 4.00. The number of hydrogen-bond acceptors (Lipinski definition) is 4. The molecule has 2 aromatic rings. The Morgan fingerprint density at radius 1 is 1.25 bits per heavy atom. The van der Waals surface area contributed by atoms with Gasteiger partial charge in [-0.2, -0.15) is 0 Å². The smallest absolute Gasteiger partial charge is 0.222 e. The lowest BCUT2D eigenvalue weighted by Gasteiger charge is -2.18. The van der Waals surface area contributed by atoms with E-state index >= 15 is 0 Å². The summed E-state index contributed by atoms with van der Waals surface area (Å²) in [6, 6.07) is 7.58. The molecule has 4 nitrogen and oxygen atoms in total. The molecule has 24 heavy (non-hydrogen) atoms. The van der Waals surface area contributed by atoms with E-state index in [4.69, 9.17) is 11.6 Å². The van der Waals surface area contributed by atoms with Gasteiger partial charge in [-0.3, -0.25) is 4.79 Å². The molecule has 1 aromatic heterocycles. The van der Waals surface area contributed by atoms with Gasteiger partial charge in [-0.25, -0.2) is 9.97 Å². The monoisotopic (exact) mass is 363 g/mol. The van der Waals surface area contributed by atoms with Crippen molar-refractivity contribution in [3.63, 3.8) is 0 Å². The summed E-state index contributed by atoms with van der Waals surface area (Å²) < 4.78 is 0. The highest BCUT2D eigenvalue weighted by Gasteiger charge is 2.13. The molecule has 6 heteroatoms. The first-order valence-electron chi connectivity index (χ1n) is 7.77. The molecule has 2 rings (SSSR count). The Hall–Kier alpha value is -1.59. The molecule has 1 aromatic carbocycles. The van der Waals surface area contributed by atoms with Crippen LogP contribution in [-0.4, -0.2) is 34.1 Å². The number of benzene rings is 1. The van der Waals surface area contributed by atoms with E-state index in [-0.39, 0.29) is 5.91 Å². The third kappa shape index (κ3) is 4.95. The predicted molar refractivity (Wildman–Crippen MR) is 99.5 cm³/mol. The zero-order valence-corrected chi connectivity index (χ0v) is 16.0. The minimum atomic E-state index is 0.0997. The SMILES string of the molecule is CSc1nc(C)c(CCC(=O)N(C)Cc2cccc(Cl)c2)c(C)n1. The van der Waals surface area contributed by atoms with Crippen LogP contribution in [0, 0.1) is 13.8 Å². The molecule has 128 valence electrons. The molecule has 0 N–H and O–H groups in total. The quantitative estimate of drug-likeness (QED) is 0.573. The molecular formula is C18H22ClN3OS. The van der Waals surface area contributed by atoms with Crippen LogP contribution in [0.3, 0.4) is 0 Å². The van der Waals surface area contributed by atoms with Crippen LogP contribution >= 0.6 is 23.4 Å². The van der Waals surface area contributed by atoms with Gasteiger partial charge in [-0.05, 0) is 49.8 Å². The fourth-order valence-corrected chi connectivity index (χ4v) is 3.25. The first-order valence-corrected chi connectivity index (χ1v) is 9.37. The molecule has 0 aliphatic rings. The Labute approximate surface area is 152 Å². The summed E-state index contributed by atoms with van der Waals surface area (Å²) in [7, 11) is 1.82. The van der Waals surface area contributed by atoms with Gasteiger partial charge < -0.3 is 4.90 Å². The van der Waals surface area contributed by atoms with E-state index in [0.29, 0.717) is 24.4 Å². The first-order chi connectivity index (χ1) is 11.4. The number of carbonyl (C=O) groups is 1. The number of thioether (sulfide) groups is 1. The van der Waals surface area contributed by atoms with Crippen molar-refractivity contribution in [2.75, 3.05) is 13.3 Å². The number of nitrogens with zero attached hydrogens (tertiary/aromatic N) is 3. The van der Waals surface area contributed by atoms with E-state index in [2.05, 4.69) is 9.97 Å². The third-order valence-corrected chi connectivity index (χ3v) is 4.69. The number of hydrogen-bond donors (Lipinski definition) is 0. The van der Waals surface area contributed by atoms with E-state index in [1.54, 1.807) is 4.90 Å². The van der Waals surface area contributed by atoms with Crippen LogP contribution in [-0.2, 0) is 17.8 Å². The highest BCUT2D eigenvalue weighted by molar-refractivity contribution is 7.98. The van der Waals surface area contributed by atoms with E-state index in [0.717, 1.165) is 27.7 Å². The molecule has 0 saturated heterocycles. The van der Waals surface area contributed by atoms with Gasteiger partial charge in [0.25, 0.3) is 0 Å². The lowest BCUT2D eigenvalue weighted by molar-refractivity contribution is -0.130. The Kier molecular flexibility index (Phi) is 6.63. The van der Waals surface area contributed by atoms with Crippen molar-refractivity contribution in [2.45, 2.75) is 38.4 Å². The summed E-state index contributed by atoms with van der Waals surface area (Å²) in [6.07, 6.45) is 3.06. The highest BCUT2D eigenvalue weighted by Crippen LogP contribution is 2.18. The second-order valence-corrected chi connectivity index (χ2v) is 6.95. The standard InChI is InChI=1S/C18H22ClN3OS/c1-12-16(13(2)21-18(20-12)24-4)8-9-17(23)22(3)11-14-6-5-7-15(19)10-14/h5-7,10H,8-9,11H2,1-4H3. The van der Waals surface area contributed by atoms with Gasteiger partial charge in [0, 0.05) is 36.4 Å². The lowest BCUT2D eigenvalue weighted by Crippen LogP contribution is -2.26. The molecule has 1 amide bonds. The second-order valence-electron chi connectivity index (χ2n) is 5.74. The zero-order chi connectivity index (χ0) is 17.7. The summed E-state index contributed by atoms with van der Waals surface area (Å²) >= 11 is 7.52. The van der Waals surface area contributed by atoms with Crippen molar-refractivity contribution in [1.82, 2.24) is 14.9 Å². The first kappa shape index (κ1) is 18.7. The molecule has 0 radical (unpaired) electrons. The Balaban J connectivity index is 1.97. The summed E-state index contributed by atoms with van der Waals surface area (Å²) in [5, 5.41) is 1.46. The molecule has 0 unspecified atom stereocenters. The van der Waals surface area contributed by atoms with E-state index in [9.17, 15) is 4.79 Å². The summed E-state index contributed by atoms with van der Waals surface area (Å²) in [5.74, 6) is 0.0997. The minimum Gasteiger partial charge on any atom is -0.341 e. The van der Waals surface area contributed by atoms with Crippen molar-refractivity contribution in [2.24, 2.45) is 0 Å². The van der Waals surface area contributed by atoms with Crippen LogP contribution in [0.2, 0.25) is 5.02 Å². The number of amides is 1. The summed E-state index contributed by atoms with van der Waals surface area (Å²) in [6.45, 7) is 4.51. The average molecular weight is 364 g/mol. The van der Waals surface area contributed by atoms with Gasteiger partial charge in [-0.15, -0.1) is 0 Å². The van der Waals surface area contributed by atoms with Gasteiger partial charge in [0.1, 0.15) is 0 Å². The number of aromatic nitrogens is 2. The molecule has 0 fully saturated rings. The van der Waals surface area contributed by atoms with Gasteiger partial charge in [-0.1, -0.05) is 35.5 Å². The normalized spacial score (nSPS) is 10.7. The highest BCUT2D eigenvalue weighted by atomic mass is 35.5. The second kappa shape index (κ2) is 8.49. The van der Waals surface area contributed by atoms with Gasteiger partial charge in [0.15, 0.2) is 5.16 Å². The van der Waals surface area contributed by atoms with Crippen LogP contribution in [0.25, 0.3) is 0 Å². The number of aryl methyl sites for hydroxylation is 2. The predicted octanol–water partition coefficient (Wildman–Crippen LogP) is 4.06. The zero-order valence-electron chi connectivity index (χ0n) is 14.5. The minimum absolute atomic E-state index is 0.0997. The van der Waals surface area contributed by atoms with Crippen LogP contribution < -0.4 is 0 Å². The molecule has 0 aliphatic heterocycles. The average Bonchev–Trinajstić information content (AvgIpc) is 2.53. The number of carbonyl (C=O) groups excluding carboxylic acids is 1. The third-order valence-electron chi connectivity index (χ3n) is 3.91. The molecule has 0 saturated carbocycles. The maximum atomic E-state index is 12.4. The molecule has 0 aliphatic carbocycles. The lowest BCUT2D eigenvalue weighted by atomic mass is 10.1. The van der Waals surface area contributed by atoms with E-state index in [1.165, 1.54) is 11.8 Å². The molecule has 1 heterocycles. The van der Waals surface area contributed by atoms with Crippen LogP contribution in [0.1, 0.15) is 28.9 Å². The largest absolute Gasteiger partial charge is 0.341 e. The number of halogens is 1. The van der Waals surface area contributed by atoms with Gasteiger partial charge in [0.05, 0.1) is 0 Å². The molecule has 0 atom stereocenters. The summed E-state index contributed by atoms with van der Waals surface area (Å²) in [4.78, 5) is 23.1. The topological polar surface area (TPSA) is 46.1 Å². The maximum Gasteiger partial charge on any atom is 0.222 e. The van der Waals surface area contributed by atoms with Crippen molar-refractivity contribution >= 4 is 29.3 Å². The molecular weight excluding hydrogens is 342 g/mol.